The highest BCUT2D eigenvalue weighted by molar-refractivity contribution is 7.99. The van der Waals surface area contributed by atoms with E-state index in [1.807, 2.05) is 11.8 Å². The van der Waals surface area contributed by atoms with Crippen molar-refractivity contribution in [1.82, 2.24) is 4.98 Å². The maximum absolute atomic E-state index is 4.56. The summed E-state index contributed by atoms with van der Waals surface area (Å²) >= 11 is 1.85. The quantitative estimate of drug-likeness (QED) is 0.703. The average Bonchev–Trinajstić information content (AvgIpc) is 2.14. The number of hydrogen-bond donors (Lipinski definition) is 0. The van der Waals surface area contributed by atoms with Gasteiger partial charge in [-0.2, -0.15) is 0 Å². The van der Waals surface area contributed by atoms with Crippen LogP contribution in [0.15, 0.2) is 23.2 Å². The van der Waals surface area contributed by atoms with Crippen LogP contribution < -0.4 is 0 Å². The van der Waals surface area contributed by atoms with Crippen molar-refractivity contribution in [3.8, 4) is 0 Å². The Bertz CT molecular complexity index is 289. The van der Waals surface area contributed by atoms with Gasteiger partial charge in [0.05, 0.1) is 5.03 Å². The van der Waals surface area contributed by atoms with Gasteiger partial charge >= 0.3 is 0 Å². The molecule has 0 amide bonds. The summed E-state index contributed by atoms with van der Waals surface area (Å²) in [6.07, 6.45) is 1.02. The summed E-state index contributed by atoms with van der Waals surface area (Å²) in [6.45, 7) is 8.90. The molecular weight excluding hydrogens is 190 g/mol. The van der Waals surface area contributed by atoms with Gasteiger partial charge in [-0.15, -0.1) is 11.8 Å². The van der Waals surface area contributed by atoms with E-state index < -0.39 is 0 Å². The van der Waals surface area contributed by atoms with Crippen LogP contribution in [0.5, 0.6) is 0 Å². The second-order valence-corrected chi connectivity index (χ2v) is 5.67. The molecule has 0 aliphatic rings. The lowest BCUT2D eigenvalue weighted by molar-refractivity contribution is 0.480. The minimum atomic E-state index is 0.370. The summed E-state index contributed by atoms with van der Waals surface area (Å²) in [5.41, 5.74) is 1.55. The lowest BCUT2D eigenvalue weighted by Crippen LogP contribution is -2.08. The molecule has 1 nitrogen and oxygen atoms in total. The van der Waals surface area contributed by atoms with Crippen molar-refractivity contribution >= 4 is 11.8 Å². The summed E-state index contributed by atoms with van der Waals surface area (Å²) in [5.74, 6) is 1.12. The second kappa shape index (κ2) is 4.83. The molecule has 0 spiro atoms. The summed E-state index contributed by atoms with van der Waals surface area (Å²) in [7, 11) is 0. The molecule has 0 atom stereocenters. The molecular formula is C12H19NS. The first kappa shape index (κ1) is 11.6. The van der Waals surface area contributed by atoms with E-state index in [4.69, 9.17) is 0 Å². The second-order valence-electron chi connectivity index (χ2n) is 4.67. The average molecular weight is 209 g/mol. The molecule has 0 aromatic carbocycles. The van der Waals surface area contributed by atoms with Gasteiger partial charge in [0.1, 0.15) is 0 Å². The van der Waals surface area contributed by atoms with Gasteiger partial charge in [-0.25, -0.2) is 4.98 Å². The molecule has 0 N–H and O–H groups in total. The number of rotatable bonds is 3. The van der Waals surface area contributed by atoms with Crippen molar-refractivity contribution in [3.63, 3.8) is 0 Å². The van der Waals surface area contributed by atoms with Crippen molar-refractivity contribution in [1.29, 1.82) is 0 Å². The zero-order chi connectivity index (χ0) is 10.6. The Morgan fingerprint density at radius 1 is 1.29 bits per heavy atom. The van der Waals surface area contributed by atoms with E-state index in [1.165, 1.54) is 5.69 Å². The zero-order valence-corrected chi connectivity index (χ0v) is 10.3. The number of nitrogens with zero attached hydrogens (tertiary/aromatic N) is 1. The van der Waals surface area contributed by atoms with E-state index in [9.17, 15) is 0 Å². The molecule has 78 valence electrons. The maximum Gasteiger partial charge on any atom is 0.0963 e. The molecule has 0 aliphatic heterocycles. The molecule has 0 fully saturated rings. The van der Waals surface area contributed by atoms with E-state index >= 15 is 0 Å². The number of pyridine rings is 1. The summed E-state index contributed by atoms with van der Waals surface area (Å²) in [4.78, 5) is 4.56. The van der Waals surface area contributed by atoms with Gasteiger partial charge in [0, 0.05) is 11.4 Å². The maximum atomic E-state index is 4.56. The fourth-order valence-electron chi connectivity index (χ4n) is 1.03. The van der Waals surface area contributed by atoms with E-state index in [0.717, 1.165) is 17.2 Å². The lowest BCUT2D eigenvalue weighted by Gasteiger charge is -2.16. The third-order valence-corrected chi connectivity index (χ3v) is 3.33. The standard InChI is InChI=1S/C12H19NS/c1-5-10-7-6-8-11(13-10)14-9-12(2,3)4/h6-8H,5,9H2,1-4H3. The van der Waals surface area contributed by atoms with Gasteiger partial charge in [-0.05, 0) is 24.0 Å². The Kier molecular flexibility index (Phi) is 3.99. The predicted molar refractivity (Wildman–Crippen MR) is 63.8 cm³/mol. The first-order valence-electron chi connectivity index (χ1n) is 5.10. The zero-order valence-electron chi connectivity index (χ0n) is 9.50. The van der Waals surface area contributed by atoms with Crippen LogP contribution in [-0.4, -0.2) is 10.7 Å². The number of aromatic nitrogens is 1. The highest BCUT2D eigenvalue weighted by atomic mass is 32.2. The van der Waals surface area contributed by atoms with Gasteiger partial charge in [-0.1, -0.05) is 33.8 Å². The summed E-state index contributed by atoms with van der Waals surface area (Å²) in [6, 6.07) is 6.27. The molecule has 0 unspecified atom stereocenters. The van der Waals surface area contributed by atoms with Crippen molar-refractivity contribution in [2.75, 3.05) is 5.75 Å². The van der Waals surface area contributed by atoms with Crippen LogP contribution in [-0.2, 0) is 6.42 Å². The largest absolute Gasteiger partial charge is 0.247 e. The number of aryl methyl sites for hydroxylation is 1. The van der Waals surface area contributed by atoms with E-state index in [-0.39, 0.29) is 0 Å². The predicted octanol–water partition coefficient (Wildman–Crippen LogP) is 3.78. The molecule has 2 heteroatoms. The molecule has 0 saturated carbocycles. The lowest BCUT2D eigenvalue weighted by atomic mass is 10.0. The third-order valence-electron chi connectivity index (χ3n) is 1.80. The molecule has 0 radical (unpaired) electrons. The van der Waals surface area contributed by atoms with Crippen LogP contribution in [0, 0.1) is 5.41 Å². The Hall–Kier alpha value is -0.500. The van der Waals surface area contributed by atoms with Gasteiger partial charge < -0.3 is 0 Å². The van der Waals surface area contributed by atoms with Crippen molar-refractivity contribution in [2.45, 2.75) is 39.1 Å². The molecule has 0 bridgehead atoms. The monoisotopic (exact) mass is 209 g/mol. The first-order valence-corrected chi connectivity index (χ1v) is 6.08. The summed E-state index contributed by atoms with van der Waals surface area (Å²) < 4.78 is 0. The van der Waals surface area contributed by atoms with Gasteiger partial charge in [0.25, 0.3) is 0 Å². The summed E-state index contributed by atoms with van der Waals surface area (Å²) in [5, 5.41) is 1.15. The van der Waals surface area contributed by atoms with Crippen molar-refractivity contribution < 1.29 is 0 Å². The molecule has 0 aliphatic carbocycles. The minimum absolute atomic E-state index is 0.370. The van der Waals surface area contributed by atoms with Crippen LogP contribution in [0.1, 0.15) is 33.4 Å². The first-order chi connectivity index (χ1) is 6.51. The molecule has 1 heterocycles. The normalized spacial score (nSPS) is 11.7. The highest BCUT2D eigenvalue weighted by Crippen LogP contribution is 2.25. The minimum Gasteiger partial charge on any atom is -0.247 e. The van der Waals surface area contributed by atoms with Crippen molar-refractivity contribution in [3.05, 3.63) is 23.9 Å². The topological polar surface area (TPSA) is 12.9 Å². The SMILES string of the molecule is CCc1cccc(SCC(C)(C)C)n1. The van der Waals surface area contributed by atoms with E-state index in [1.54, 1.807) is 0 Å². The fourth-order valence-corrected chi connectivity index (χ4v) is 1.96. The molecule has 14 heavy (non-hydrogen) atoms. The Balaban J connectivity index is 2.59. The van der Waals surface area contributed by atoms with Crippen LogP contribution in [0.25, 0.3) is 0 Å². The van der Waals surface area contributed by atoms with Gasteiger partial charge in [0.2, 0.25) is 0 Å². The number of thioether (sulfide) groups is 1. The molecule has 1 aromatic rings. The van der Waals surface area contributed by atoms with Gasteiger partial charge in [-0.3, -0.25) is 0 Å². The number of hydrogen-bond acceptors (Lipinski definition) is 2. The van der Waals surface area contributed by atoms with Crippen LogP contribution >= 0.6 is 11.8 Å². The fraction of sp³-hybridized carbons (Fsp3) is 0.583. The van der Waals surface area contributed by atoms with E-state index in [0.29, 0.717) is 5.41 Å². The molecule has 1 aromatic heterocycles. The Labute approximate surface area is 91.3 Å². The van der Waals surface area contributed by atoms with Gasteiger partial charge in [0.15, 0.2) is 0 Å². The molecule has 0 saturated heterocycles. The van der Waals surface area contributed by atoms with Crippen molar-refractivity contribution in [2.24, 2.45) is 5.41 Å². The van der Waals surface area contributed by atoms with Crippen LogP contribution in [0.2, 0.25) is 0 Å². The van der Waals surface area contributed by atoms with Crippen LogP contribution in [0.4, 0.5) is 0 Å². The van der Waals surface area contributed by atoms with E-state index in [2.05, 4.69) is 50.9 Å². The Morgan fingerprint density at radius 2 is 2.00 bits per heavy atom. The van der Waals surface area contributed by atoms with Crippen LogP contribution in [0.3, 0.4) is 0 Å². The third kappa shape index (κ3) is 4.14. The highest BCUT2D eigenvalue weighted by Gasteiger charge is 2.10. The smallest absolute Gasteiger partial charge is 0.0963 e. The Morgan fingerprint density at radius 3 is 2.57 bits per heavy atom. The molecule has 1 rings (SSSR count).